The van der Waals surface area contributed by atoms with Gasteiger partial charge in [-0.2, -0.15) is 0 Å². The molecule has 19 heavy (non-hydrogen) atoms. The summed E-state index contributed by atoms with van der Waals surface area (Å²) in [6, 6.07) is 9.69. The third-order valence-corrected chi connectivity index (χ3v) is 4.02. The number of ether oxygens (including phenoxy) is 1. The van der Waals surface area contributed by atoms with Crippen LogP contribution in [0.2, 0.25) is 0 Å². The summed E-state index contributed by atoms with van der Waals surface area (Å²) in [5, 5.41) is 0. The maximum Gasteiger partial charge on any atom is 0.0894 e. The fourth-order valence-corrected chi connectivity index (χ4v) is 2.89. The zero-order valence-electron chi connectivity index (χ0n) is 12.3. The van der Waals surface area contributed by atoms with Crippen LogP contribution in [0.1, 0.15) is 37.9 Å². The first-order chi connectivity index (χ1) is 9.17. The smallest absolute Gasteiger partial charge is 0.0894 e. The zero-order chi connectivity index (χ0) is 13.8. The maximum atomic E-state index is 5.90. The number of hydrogen-bond donors (Lipinski definition) is 1. The van der Waals surface area contributed by atoms with Crippen molar-refractivity contribution in [2.75, 3.05) is 19.7 Å². The summed E-state index contributed by atoms with van der Waals surface area (Å²) in [5.74, 6) is 0. The van der Waals surface area contributed by atoms with E-state index in [1.54, 1.807) is 0 Å². The predicted octanol–water partition coefficient (Wildman–Crippen LogP) is 2.36. The molecule has 1 heterocycles. The van der Waals surface area contributed by atoms with Crippen molar-refractivity contribution in [3.05, 3.63) is 35.4 Å². The number of nitrogens with zero attached hydrogens (tertiary/aromatic N) is 1. The normalized spacial score (nSPS) is 24.9. The number of morpholine rings is 1. The minimum Gasteiger partial charge on any atom is -0.374 e. The van der Waals surface area contributed by atoms with Crippen molar-refractivity contribution in [3.8, 4) is 0 Å². The van der Waals surface area contributed by atoms with Crippen LogP contribution >= 0.6 is 0 Å². The Labute approximate surface area is 116 Å². The molecule has 2 N–H and O–H groups in total. The second-order valence-corrected chi connectivity index (χ2v) is 5.52. The molecule has 1 fully saturated rings. The molecule has 3 heteroatoms. The van der Waals surface area contributed by atoms with Crippen molar-refractivity contribution in [3.63, 3.8) is 0 Å². The lowest BCUT2D eigenvalue weighted by molar-refractivity contribution is -0.0789. The van der Waals surface area contributed by atoms with E-state index in [0.717, 1.165) is 19.6 Å². The Bertz CT molecular complexity index is 388. The summed E-state index contributed by atoms with van der Waals surface area (Å²) in [4.78, 5) is 2.50. The van der Waals surface area contributed by atoms with E-state index < -0.39 is 0 Å². The predicted molar refractivity (Wildman–Crippen MR) is 79.2 cm³/mol. The summed E-state index contributed by atoms with van der Waals surface area (Å²) < 4.78 is 5.86. The van der Waals surface area contributed by atoms with Gasteiger partial charge in [0, 0.05) is 19.1 Å². The molecule has 0 saturated carbocycles. The van der Waals surface area contributed by atoms with E-state index >= 15 is 0 Å². The number of nitrogens with two attached hydrogens (primary N) is 1. The molecule has 1 aromatic rings. The molecule has 2 atom stereocenters. The highest BCUT2D eigenvalue weighted by Gasteiger charge is 2.33. The van der Waals surface area contributed by atoms with E-state index in [1.165, 1.54) is 11.1 Å². The van der Waals surface area contributed by atoms with Gasteiger partial charge in [-0.05, 0) is 31.4 Å². The molecule has 3 nitrogen and oxygen atoms in total. The molecule has 1 aliphatic heterocycles. The first-order valence-electron chi connectivity index (χ1n) is 7.33. The van der Waals surface area contributed by atoms with Gasteiger partial charge in [0.15, 0.2) is 0 Å². The number of rotatable bonds is 4. The van der Waals surface area contributed by atoms with Crippen LogP contribution in [0, 0.1) is 0 Å². The first kappa shape index (κ1) is 14.5. The molecule has 106 valence electrons. The molecule has 0 bridgehead atoms. The van der Waals surface area contributed by atoms with Crippen molar-refractivity contribution in [1.82, 2.24) is 4.90 Å². The molecule has 1 aromatic carbocycles. The Hall–Kier alpha value is -0.900. The van der Waals surface area contributed by atoms with Crippen LogP contribution in [0.5, 0.6) is 0 Å². The van der Waals surface area contributed by atoms with Crippen molar-refractivity contribution in [1.29, 1.82) is 0 Å². The van der Waals surface area contributed by atoms with Gasteiger partial charge in [0.1, 0.15) is 0 Å². The lowest BCUT2D eigenvalue weighted by Gasteiger charge is -2.43. The quantitative estimate of drug-likeness (QED) is 0.905. The van der Waals surface area contributed by atoms with Gasteiger partial charge >= 0.3 is 0 Å². The minimum absolute atomic E-state index is 0.101. The molecule has 0 spiro atoms. The van der Waals surface area contributed by atoms with E-state index in [2.05, 4.69) is 49.9 Å². The van der Waals surface area contributed by atoms with Crippen LogP contribution in [-0.2, 0) is 11.2 Å². The lowest BCUT2D eigenvalue weighted by Crippen LogP contribution is -2.50. The molecular formula is C16H26N2O. The largest absolute Gasteiger partial charge is 0.374 e. The molecule has 0 aromatic heterocycles. The zero-order valence-corrected chi connectivity index (χ0v) is 12.3. The van der Waals surface area contributed by atoms with Crippen molar-refractivity contribution < 1.29 is 4.74 Å². The Morgan fingerprint density at radius 2 is 2.00 bits per heavy atom. The van der Waals surface area contributed by atoms with Gasteiger partial charge in [-0.1, -0.05) is 31.2 Å². The van der Waals surface area contributed by atoms with E-state index in [0.29, 0.717) is 12.6 Å². The molecule has 0 amide bonds. The SMILES string of the molecule is CCc1ccc(C2C(CN)OCCN2C(C)C)cc1. The summed E-state index contributed by atoms with van der Waals surface area (Å²) >= 11 is 0. The van der Waals surface area contributed by atoms with E-state index in [9.17, 15) is 0 Å². The second kappa shape index (κ2) is 6.51. The average molecular weight is 262 g/mol. The molecule has 2 unspecified atom stereocenters. The highest BCUT2D eigenvalue weighted by molar-refractivity contribution is 5.26. The summed E-state index contributed by atoms with van der Waals surface area (Å²) in [5.41, 5.74) is 8.59. The summed E-state index contributed by atoms with van der Waals surface area (Å²) in [6.45, 7) is 9.00. The molecule has 2 rings (SSSR count). The van der Waals surface area contributed by atoms with Crippen LogP contribution in [0.15, 0.2) is 24.3 Å². The van der Waals surface area contributed by atoms with E-state index in [1.807, 2.05) is 0 Å². The Morgan fingerprint density at radius 1 is 1.32 bits per heavy atom. The van der Waals surface area contributed by atoms with Gasteiger partial charge in [0.2, 0.25) is 0 Å². The molecule has 0 radical (unpaired) electrons. The molecule has 1 saturated heterocycles. The minimum atomic E-state index is 0.101. The van der Waals surface area contributed by atoms with Gasteiger partial charge in [-0.15, -0.1) is 0 Å². The fourth-order valence-electron chi connectivity index (χ4n) is 2.89. The number of benzene rings is 1. The summed E-state index contributed by atoms with van der Waals surface area (Å²) in [6.07, 6.45) is 1.18. The van der Waals surface area contributed by atoms with Gasteiger partial charge in [-0.25, -0.2) is 0 Å². The Balaban J connectivity index is 2.28. The second-order valence-electron chi connectivity index (χ2n) is 5.52. The third kappa shape index (κ3) is 3.16. The first-order valence-corrected chi connectivity index (χ1v) is 7.33. The lowest BCUT2D eigenvalue weighted by atomic mass is 9.95. The van der Waals surface area contributed by atoms with Crippen LogP contribution in [0.3, 0.4) is 0 Å². The molecule has 0 aliphatic carbocycles. The van der Waals surface area contributed by atoms with Gasteiger partial charge in [0.05, 0.1) is 18.8 Å². The van der Waals surface area contributed by atoms with Crippen LogP contribution < -0.4 is 5.73 Å². The van der Waals surface area contributed by atoms with Gasteiger partial charge in [0.25, 0.3) is 0 Å². The van der Waals surface area contributed by atoms with Crippen LogP contribution in [-0.4, -0.2) is 36.7 Å². The fraction of sp³-hybridized carbons (Fsp3) is 0.625. The number of hydrogen-bond acceptors (Lipinski definition) is 3. The van der Waals surface area contributed by atoms with Gasteiger partial charge in [-0.3, -0.25) is 4.90 Å². The van der Waals surface area contributed by atoms with Crippen LogP contribution in [0.4, 0.5) is 0 Å². The maximum absolute atomic E-state index is 5.90. The highest BCUT2D eigenvalue weighted by atomic mass is 16.5. The van der Waals surface area contributed by atoms with Crippen LogP contribution in [0.25, 0.3) is 0 Å². The molecule has 1 aliphatic rings. The van der Waals surface area contributed by atoms with Crippen molar-refractivity contribution in [2.45, 2.75) is 45.4 Å². The topological polar surface area (TPSA) is 38.5 Å². The number of aryl methyl sites for hydroxylation is 1. The van der Waals surface area contributed by atoms with Crippen molar-refractivity contribution in [2.24, 2.45) is 5.73 Å². The monoisotopic (exact) mass is 262 g/mol. The average Bonchev–Trinajstić information content (AvgIpc) is 2.46. The van der Waals surface area contributed by atoms with E-state index in [4.69, 9.17) is 10.5 Å². The highest BCUT2D eigenvalue weighted by Crippen LogP contribution is 2.31. The van der Waals surface area contributed by atoms with Gasteiger partial charge < -0.3 is 10.5 Å². The Kier molecular flexibility index (Phi) is 4.97. The molecular weight excluding hydrogens is 236 g/mol. The van der Waals surface area contributed by atoms with E-state index in [-0.39, 0.29) is 12.1 Å². The summed E-state index contributed by atoms with van der Waals surface area (Å²) in [7, 11) is 0. The third-order valence-electron chi connectivity index (χ3n) is 4.02. The Morgan fingerprint density at radius 3 is 2.53 bits per heavy atom. The standard InChI is InChI=1S/C16H26N2O/c1-4-13-5-7-14(8-6-13)16-15(11-17)19-10-9-18(16)12(2)3/h5-8,12,15-16H,4,9-11,17H2,1-3H3. The van der Waals surface area contributed by atoms with Crippen molar-refractivity contribution >= 4 is 0 Å².